The van der Waals surface area contributed by atoms with Crippen molar-refractivity contribution in [1.82, 2.24) is 14.6 Å². The molecule has 2 aromatic rings. The lowest BCUT2D eigenvalue weighted by Gasteiger charge is -2.46. The van der Waals surface area contributed by atoms with E-state index in [1.54, 1.807) is 22.5 Å². The van der Waals surface area contributed by atoms with Gasteiger partial charge in [0.2, 0.25) is 10.0 Å². The van der Waals surface area contributed by atoms with Crippen LogP contribution in [0, 0.1) is 5.92 Å². The summed E-state index contributed by atoms with van der Waals surface area (Å²) in [5.41, 5.74) is 1.81. The fourth-order valence-corrected chi connectivity index (χ4v) is 5.76. The van der Waals surface area contributed by atoms with E-state index in [1.807, 2.05) is 0 Å². The van der Waals surface area contributed by atoms with Crippen LogP contribution in [-0.2, 0) is 15.8 Å². The maximum absolute atomic E-state index is 12.7. The van der Waals surface area contributed by atoms with Gasteiger partial charge in [-0.15, -0.1) is 0 Å². The molecule has 4 rings (SSSR count). The summed E-state index contributed by atoms with van der Waals surface area (Å²) in [7, 11) is -3.30. The van der Waals surface area contributed by atoms with Crippen LogP contribution >= 0.6 is 0 Å². The molecule has 0 N–H and O–H groups in total. The van der Waals surface area contributed by atoms with Crippen molar-refractivity contribution in [3.05, 3.63) is 23.8 Å². The molecule has 1 aliphatic heterocycles. The maximum atomic E-state index is 12.7. The molecule has 2 heterocycles. The predicted molar refractivity (Wildman–Crippen MR) is 76.9 cm³/mol. The van der Waals surface area contributed by atoms with E-state index >= 15 is 0 Å². The van der Waals surface area contributed by atoms with E-state index in [4.69, 9.17) is 0 Å². The molecular weight excluding hydrogens is 290 g/mol. The lowest BCUT2D eigenvalue weighted by Crippen LogP contribution is -2.54. The third kappa shape index (κ3) is 1.91. The number of hydrogen-bond acceptors (Lipinski definition) is 5. The third-order valence-corrected chi connectivity index (χ3v) is 7.10. The molecule has 0 spiro atoms. The van der Waals surface area contributed by atoms with Crippen LogP contribution in [0.3, 0.4) is 0 Å². The highest BCUT2D eigenvalue weighted by atomic mass is 32.2. The number of rotatable bonds is 3. The molecular formula is C14H17N3O3S. The van der Waals surface area contributed by atoms with E-state index < -0.39 is 10.0 Å². The molecule has 1 aromatic heterocycles. The first-order valence-electron chi connectivity index (χ1n) is 7.21. The van der Waals surface area contributed by atoms with Gasteiger partial charge in [0.25, 0.3) is 0 Å². The Balaban J connectivity index is 1.63. The molecule has 1 saturated heterocycles. The minimum Gasteiger partial charge on any atom is -0.243 e. The van der Waals surface area contributed by atoms with Crippen molar-refractivity contribution < 1.29 is 13.0 Å². The lowest BCUT2D eigenvalue weighted by molar-refractivity contribution is 0.0941. The molecule has 0 unspecified atom stereocenters. The van der Waals surface area contributed by atoms with E-state index in [2.05, 4.69) is 21.9 Å². The Kier molecular flexibility index (Phi) is 2.68. The quantitative estimate of drug-likeness (QED) is 0.866. The summed E-state index contributed by atoms with van der Waals surface area (Å²) in [6, 6.07) is 5.26. The van der Waals surface area contributed by atoms with Gasteiger partial charge >= 0.3 is 0 Å². The molecule has 0 amide bonds. The Morgan fingerprint density at radius 3 is 2.86 bits per heavy atom. The van der Waals surface area contributed by atoms with Crippen LogP contribution in [0.2, 0.25) is 0 Å². The van der Waals surface area contributed by atoms with E-state index in [-0.39, 0.29) is 11.3 Å². The van der Waals surface area contributed by atoms with Crippen LogP contribution in [0.5, 0.6) is 0 Å². The minimum atomic E-state index is -3.30. The zero-order valence-electron chi connectivity index (χ0n) is 11.8. The normalized spacial score (nSPS) is 29.5. The first-order valence-corrected chi connectivity index (χ1v) is 8.82. The van der Waals surface area contributed by atoms with Gasteiger partial charge in [0.15, 0.2) is 0 Å². The molecule has 0 radical (unpaired) electrons. The summed E-state index contributed by atoms with van der Waals surface area (Å²) in [6.07, 6.45) is 3.12. The molecule has 0 bridgehead atoms. The molecule has 2 atom stereocenters. The highest BCUT2D eigenvalue weighted by molar-refractivity contribution is 7.88. The average Bonchev–Trinajstić information content (AvgIpc) is 2.96. The third-order valence-electron chi connectivity index (χ3n) is 5.13. The van der Waals surface area contributed by atoms with Crippen molar-refractivity contribution in [3.63, 3.8) is 0 Å². The summed E-state index contributed by atoms with van der Waals surface area (Å²) >= 11 is 0. The fraction of sp³-hybridized carbons (Fsp3) is 0.571. The molecule has 112 valence electrons. The van der Waals surface area contributed by atoms with Gasteiger partial charge in [-0.1, -0.05) is 6.07 Å². The van der Waals surface area contributed by atoms with E-state index in [9.17, 15) is 8.42 Å². The second-order valence-corrected chi connectivity index (χ2v) is 8.19. The Labute approximate surface area is 123 Å². The number of nitrogens with zero attached hydrogens (tertiary/aromatic N) is 3. The highest BCUT2D eigenvalue weighted by Gasteiger charge is 2.55. The Bertz CT molecular complexity index is 801. The van der Waals surface area contributed by atoms with Crippen LogP contribution in [0.1, 0.15) is 31.7 Å². The van der Waals surface area contributed by atoms with E-state index in [0.29, 0.717) is 23.5 Å². The van der Waals surface area contributed by atoms with Crippen LogP contribution in [0.15, 0.2) is 22.8 Å². The van der Waals surface area contributed by atoms with Crippen molar-refractivity contribution >= 4 is 21.1 Å². The molecule has 1 aliphatic carbocycles. The van der Waals surface area contributed by atoms with Crippen LogP contribution in [0.4, 0.5) is 0 Å². The summed E-state index contributed by atoms with van der Waals surface area (Å²) in [4.78, 5) is 0. The van der Waals surface area contributed by atoms with Gasteiger partial charge < -0.3 is 0 Å². The van der Waals surface area contributed by atoms with Crippen molar-refractivity contribution in [1.29, 1.82) is 0 Å². The van der Waals surface area contributed by atoms with Gasteiger partial charge in [-0.05, 0) is 60.1 Å². The van der Waals surface area contributed by atoms with Crippen LogP contribution in [0.25, 0.3) is 11.0 Å². The van der Waals surface area contributed by atoms with Gasteiger partial charge in [0.05, 0.1) is 5.75 Å². The molecule has 6 nitrogen and oxygen atoms in total. The van der Waals surface area contributed by atoms with Crippen LogP contribution in [-0.4, -0.2) is 35.1 Å². The largest absolute Gasteiger partial charge is 0.243 e. The number of hydrogen-bond donors (Lipinski definition) is 0. The topological polar surface area (TPSA) is 76.3 Å². The molecule has 1 aromatic carbocycles. The average molecular weight is 307 g/mol. The van der Waals surface area contributed by atoms with Crippen molar-refractivity contribution in [2.45, 2.75) is 37.5 Å². The predicted octanol–water partition coefficient (Wildman–Crippen LogP) is 1.93. The minimum absolute atomic E-state index is 0.0120. The summed E-state index contributed by atoms with van der Waals surface area (Å²) < 4.78 is 31.8. The van der Waals surface area contributed by atoms with Crippen molar-refractivity contribution in [3.8, 4) is 0 Å². The Morgan fingerprint density at radius 2 is 2.14 bits per heavy atom. The van der Waals surface area contributed by atoms with Gasteiger partial charge in [-0.25, -0.2) is 13.0 Å². The first-order chi connectivity index (χ1) is 9.99. The second kappa shape index (κ2) is 4.27. The molecule has 1 saturated carbocycles. The first kappa shape index (κ1) is 13.2. The van der Waals surface area contributed by atoms with Crippen molar-refractivity contribution in [2.24, 2.45) is 5.92 Å². The standard InChI is InChI=1S/C14H17N3O3S/c1-14-6-4-11(14)5-7-17(14)21(18,19)9-10-2-3-12-13(8-10)16-20-15-12/h2-3,8,11H,4-7,9H2,1H3/t11-,14-/m0/s1. The van der Waals surface area contributed by atoms with Gasteiger partial charge in [-0.3, -0.25) is 0 Å². The highest BCUT2D eigenvalue weighted by Crippen LogP contribution is 2.51. The number of aromatic nitrogens is 2. The lowest BCUT2D eigenvalue weighted by atomic mass is 9.69. The SMILES string of the molecule is C[C@]12CC[C@H]1CCN2S(=O)(=O)Cc1ccc2nonc2c1. The van der Waals surface area contributed by atoms with Gasteiger partial charge in [-0.2, -0.15) is 4.31 Å². The number of benzene rings is 1. The van der Waals surface area contributed by atoms with E-state index in [1.165, 1.54) is 0 Å². The van der Waals surface area contributed by atoms with Gasteiger partial charge in [0, 0.05) is 12.1 Å². The smallest absolute Gasteiger partial charge is 0.218 e. The maximum Gasteiger partial charge on any atom is 0.218 e. The molecule has 21 heavy (non-hydrogen) atoms. The Morgan fingerprint density at radius 1 is 1.33 bits per heavy atom. The summed E-state index contributed by atoms with van der Waals surface area (Å²) in [6.45, 7) is 2.73. The molecule has 2 aliphatic rings. The van der Waals surface area contributed by atoms with Crippen molar-refractivity contribution in [2.75, 3.05) is 6.54 Å². The summed E-state index contributed by atoms with van der Waals surface area (Å²) in [5.74, 6) is 0.549. The monoisotopic (exact) mass is 307 g/mol. The summed E-state index contributed by atoms with van der Waals surface area (Å²) in [5, 5.41) is 7.49. The number of fused-ring (bicyclic) bond motifs is 2. The van der Waals surface area contributed by atoms with Gasteiger partial charge in [0.1, 0.15) is 11.0 Å². The van der Waals surface area contributed by atoms with E-state index in [0.717, 1.165) is 24.8 Å². The van der Waals surface area contributed by atoms with Crippen LogP contribution < -0.4 is 0 Å². The second-order valence-electron chi connectivity index (χ2n) is 6.30. The zero-order chi connectivity index (χ0) is 14.7. The molecule has 2 fully saturated rings. The number of sulfonamides is 1. The zero-order valence-corrected chi connectivity index (χ0v) is 12.6. The fourth-order valence-electron chi connectivity index (χ4n) is 3.74. The molecule has 7 heteroatoms. The Hall–Kier alpha value is -1.47.